The minimum Gasteiger partial charge on any atom is -0.481 e. The number of rotatable bonds is 7. The number of nitrogens with one attached hydrogen (secondary N) is 1. The van der Waals surface area contributed by atoms with Gasteiger partial charge < -0.3 is 5.11 Å². The summed E-state index contributed by atoms with van der Waals surface area (Å²) >= 11 is 0. The van der Waals surface area contributed by atoms with Crippen molar-refractivity contribution >= 4 is 5.97 Å². The third kappa shape index (κ3) is 5.08. The van der Waals surface area contributed by atoms with Crippen LogP contribution in [0.1, 0.15) is 50.6 Å². The largest absolute Gasteiger partial charge is 0.481 e. The highest BCUT2D eigenvalue weighted by atomic mass is 16.4. The Labute approximate surface area is 220 Å². The summed E-state index contributed by atoms with van der Waals surface area (Å²) in [5.74, 6) is 0.698. The van der Waals surface area contributed by atoms with Gasteiger partial charge in [0.15, 0.2) is 17.5 Å². The quantitative estimate of drug-likeness (QED) is 0.305. The van der Waals surface area contributed by atoms with Crippen LogP contribution in [0.5, 0.6) is 0 Å². The first-order valence-electron chi connectivity index (χ1n) is 12.4. The van der Waals surface area contributed by atoms with Gasteiger partial charge >= 0.3 is 5.97 Å². The highest BCUT2D eigenvalue weighted by Gasteiger charge is 2.23. The molecular formula is C29H29N7O2. The monoisotopic (exact) mass is 507 g/mol. The first-order valence-corrected chi connectivity index (χ1v) is 12.4. The Morgan fingerprint density at radius 2 is 1.61 bits per heavy atom. The van der Waals surface area contributed by atoms with Crippen molar-refractivity contribution in [2.75, 3.05) is 0 Å². The second kappa shape index (κ2) is 10.0. The molecule has 2 aromatic heterocycles. The number of hydrogen-bond donors (Lipinski definition) is 2. The van der Waals surface area contributed by atoms with E-state index in [9.17, 15) is 9.90 Å². The van der Waals surface area contributed by atoms with Crippen LogP contribution in [0.3, 0.4) is 0 Å². The number of aliphatic carboxylic acids is 1. The van der Waals surface area contributed by atoms with E-state index in [4.69, 9.17) is 10.1 Å². The van der Waals surface area contributed by atoms with Gasteiger partial charge in [0.05, 0.1) is 12.5 Å². The van der Waals surface area contributed by atoms with E-state index in [2.05, 4.69) is 65.7 Å². The van der Waals surface area contributed by atoms with E-state index >= 15 is 0 Å². The fourth-order valence-corrected chi connectivity index (χ4v) is 4.22. The molecule has 0 radical (unpaired) electrons. The van der Waals surface area contributed by atoms with Crippen LogP contribution in [-0.4, -0.2) is 46.5 Å². The molecule has 2 N–H and O–H groups in total. The predicted molar refractivity (Wildman–Crippen MR) is 144 cm³/mol. The Morgan fingerprint density at radius 3 is 2.21 bits per heavy atom. The third-order valence-corrected chi connectivity index (χ3v) is 6.51. The van der Waals surface area contributed by atoms with Crippen LogP contribution in [0.15, 0.2) is 72.8 Å². The zero-order valence-corrected chi connectivity index (χ0v) is 21.8. The van der Waals surface area contributed by atoms with Crippen LogP contribution in [0.2, 0.25) is 0 Å². The zero-order chi connectivity index (χ0) is 26.9. The number of nitrogens with zero attached hydrogens (tertiary/aromatic N) is 6. The second-order valence-corrected chi connectivity index (χ2v) is 10.3. The first kappa shape index (κ1) is 25.0. The molecule has 2 heterocycles. The summed E-state index contributed by atoms with van der Waals surface area (Å²) in [5.41, 5.74) is 5.51. The van der Waals surface area contributed by atoms with Gasteiger partial charge in [-0.05, 0) is 39.6 Å². The number of carboxylic acid groups (broad SMARTS) is 1. The van der Waals surface area contributed by atoms with E-state index in [1.807, 2.05) is 53.2 Å². The summed E-state index contributed by atoms with van der Waals surface area (Å²) in [7, 11) is 0. The first-order chi connectivity index (χ1) is 18.2. The molecule has 9 nitrogen and oxygen atoms in total. The number of aromatic nitrogens is 7. The number of tetrazole rings is 1. The van der Waals surface area contributed by atoms with Crippen LogP contribution < -0.4 is 0 Å². The van der Waals surface area contributed by atoms with Gasteiger partial charge in [-0.15, -0.1) is 5.10 Å². The average Bonchev–Trinajstić information content (AvgIpc) is 3.60. The summed E-state index contributed by atoms with van der Waals surface area (Å²) in [4.78, 5) is 16.3. The highest BCUT2D eigenvalue weighted by Crippen LogP contribution is 2.30. The Kier molecular flexibility index (Phi) is 6.59. The Morgan fingerprint density at radius 1 is 0.947 bits per heavy atom. The van der Waals surface area contributed by atoms with E-state index in [1.165, 1.54) is 0 Å². The van der Waals surface area contributed by atoms with E-state index in [0.717, 1.165) is 45.0 Å². The molecule has 1 unspecified atom stereocenters. The maximum absolute atomic E-state index is 11.4. The number of carbonyl (C=O) groups is 1. The minimum atomic E-state index is -0.848. The lowest BCUT2D eigenvalue weighted by atomic mass is 9.96. The lowest BCUT2D eigenvalue weighted by molar-refractivity contribution is -0.138. The summed E-state index contributed by atoms with van der Waals surface area (Å²) in [6.07, 6.45) is 0. The van der Waals surface area contributed by atoms with Crippen molar-refractivity contribution in [3.05, 3.63) is 89.7 Å². The number of hydrogen-bond acceptors (Lipinski definition) is 6. The topological polar surface area (TPSA) is 122 Å². The van der Waals surface area contributed by atoms with Gasteiger partial charge in [0.2, 0.25) is 0 Å². The van der Waals surface area contributed by atoms with E-state index in [0.29, 0.717) is 12.4 Å². The third-order valence-electron chi connectivity index (χ3n) is 6.51. The van der Waals surface area contributed by atoms with Crippen molar-refractivity contribution in [3.8, 4) is 33.9 Å². The molecule has 0 aliphatic rings. The Hall–Kier alpha value is -4.66. The molecule has 0 spiro atoms. The van der Waals surface area contributed by atoms with Gasteiger partial charge in [-0.2, -0.15) is 5.10 Å². The van der Waals surface area contributed by atoms with Gasteiger partial charge in [-0.25, -0.2) is 14.8 Å². The SMILES string of the molecule is CC(C(=O)O)c1ccc(-c2nc(C(C)(C)C)nn2Cc2ccc(-c3ccccc3-c3nnn[nH]3)cc2)cc1. The van der Waals surface area contributed by atoms with Crippen molar-refractivity contribution < 1.29 is 9.90 Å². The lowest BCUT2D eigenvalue weighted by Crippen LogP contribution is -2.14. The van der Waals surface area contributed by atoms with Gasteiger partial charge in [0, 0.05) is 16.5 Å². The standard InChI is InChI=1S/C29H29N7O2/c1-18(27(37)38)20-13-15-22(16-14-20)26-30-28(29(2,3)4)33-36(26)17-19-9-11-21(12-10-19)23-7-5-6-8-24(23)25-31-34-35-32-25/h5-16,18H,17H2,1-4H3,(H,37,38)(H,31,32,34,35). The molecule has 0 amide bonds. The smallest absolute Gasteiger partial charge is 0.310 e. The van der Waals surface area contributed by atoms with Gasteiger partial charge in [-0.3, -0.25) is 4.79 Å². The lowest BCUT2D eigenvalue weighted by Gasteiger charge is -2.12. The van der Waals surface area contributed by atoms with Crippen molar-refractivity contribution in [2.45, 2.75) is 45.6 Å². The Bertz CT molecular complexity index is 1550. The van der Waals surface area contributed by atoms with Crippen molar-refractivity contribution in [1.29, 1.82) is 0 Å². The maximum Gasteiger partial charge on any atom is 0.310 e. The molecule has 0 aliphatic carbocycles. The van der Waals surface area contributed by atoms with Crippen LogP contribution in [0, 0.1) is 0 Å². The molecule has 0 fully saturated rings. The summed E-state index contributed by atoms with van der Waals surface area (Å²) in [6, 6.07) is 23.9. The fraction of sp³-hybridized carbons (Fsp3) is 0.241. The van der Waals surface area contributed by atoms with Gasteiger partial charge in [0.1, 0.15) is 0 Å². The van der Waals surface area contributed by atoms with E-state index in [-0.39, 0.29) is 5.41 Å². The second-order valence-electron chi connectivity index (χ2n) is 10.3. The molecule has 5 rings (SSSR count). The number of benzene rings is 3. The molecule has 1 atom stereocenters. The van der Waals surface area contributed by atoms with E-state index in [1.54, 1.807) is 6.92 Å². The summed E-state index contributed by atoms with van der Waals surface area (Å²) < 4.78 is 1.92. The molecular weight excluding hydrogens is 478 g/mol. The minimum absolute atomic E-state index is 0.221. The number of aromatic amines is 1. The molecule has 5 aromatic rings. The molecule has 3 aromatic carbocycles. The summed E-state index contributed by atoms with van der Waals surface area (Å²) in [6.45, 7) is 8.49. The number of H-pyrrole nitrogens is 1. The molecule has 38 heavy (non-hydrogen) atoms. The molecule has 0 bridgehead atoms. The highest BCUT2D eigenvalue weighted by molar-refractivity contribution is 5.80. The fourth-order valence-electron chi connectivity index (χ4n) is 4.22. The molecule has 9 heteroatoms. The van der Waals surface area contributed by atoms with Crippen LogP contribution in [-0.2, 0) is 16.8 Å². The Balaban J connectivity index is 1.46. The van der Waals surface area contributed by atoms with E-state index < -0.39 is 11.9 Å². The van der Waals surface area contributed by atoms with Crippen molar-refractivity contribution in [1.82, 2.24) is 35.4 Å². The van der Waals surface area contributed by atoms with Crippen molar-refractivity contribution in [3.63, 3.8) is 0 Å². The van der Waals surface area contributed by atoms with Gasteiger partial charge in [0.25, 0.3) is 0 Å². The molecule has 0 aliphatic heterocycles. The predicted octanol–water partition coefficient (Wildman–Crippen LogP) is 5.33. The van der Waals surface area contributed by atoms with Crippen molar-refractivity contribution in [2.24, 2.45) is 0 Å². The van der Waals surface area contributed by atoms with Crippen LogP contribution in [0.25, 0.3) is 33.9 Å². The molecule has 0 saturated heterocycles. The molecule has 0 saturated carbocycles. The molecule has 192 valence electrons. The summed E-state index contributed by atoms with van der Waals surface area (Å²) in [5, 5.41) is 28.5. The van der Waals surface area contributed by atoms with Crippen LogP contribution >= 0.6 is 0 Å². The van der Waals surface area contributed by atoms with Crippen LogP contribution in [0.4, 0.5) is 0 Å². The average molecular weight is 508 g/mol. The normalized spacial score (nSPS) is 12.4. The maximum atomic E-state index is 11.4. The van der Waals surface area contributed by atoms with Gasteiger partial charge in [-0.1, -0.05) is 93.6 Å². The number of carboxylic acids is 1. The zero-order valence-electron chi connectivity index (χ0n) is 21.8.